The van der Waals surface area contributed by atoms with Gasteiger partial charge in [0.05, 0.1) is 5.56 Å². The second-order valence-corrected chi connectivity index (χ2v) is 16.2. The highest BCUT2D eigenvalue weighted by Crippen LogP contribution is 2.53. The summed E-state index contributed by atoms with van der Waals surface area (Å²) in [5.74, 6) is 3.29. The molecule has 0 spiro atoms. The first-order chi connectivity index (χ1) is 31.7. The number of hydrogen-bond donors (Lipinski definition) is 0. The molecule has 0 fully saturated rings. The van der Waals surface area contributed by atoms with Crippen molar-refractivity contribution >= 4 is 43.5 Å². The molecule has 2 aromatic heterocycles. The van der Waals surface area contributed by atoms with Crippen molar-refractivity contribution in [2.24, 2.45) is 0 Å². The summed E-state index contributed by atoms with van der Waals surface area (Å²) in [6.07, 6.45) is 0. The first-order valence-electron chi connectivity index (χ1n) is 21.5. The molecular weight excluding hydrogens is 783 g/mol. The molecule has 3 heterocycles. The molecule has 0 amide bonds. The average molecular weight is 818 g/mol. The Hall–Kier alpha value is -8.67. The first kappa shape index (κ1) is 36.0. The van der Waals surface area contributed by atoms with E-state index in [0.29, 0.717) is 17.5 Å². The third-order valence-corrected chi connectivity index (χ3v) is 12.5. The highest BCUT2D eigenvalue weighted by molar-refractivity contribution is 6.20. The van der Waals surface area contributed by atoms with Crippen molar-refractivity contribution in [3.8, 4) is 90.2 Å². The summed E-state index contributed by atoms with van der Waals surface area (Å²) in [5.41, 5.74) is 12.4. The molecule has 1 aliphatic heterocycles. The van der Waals surface area contributed by atoms with E-state index in [-0.39, 0.29) is 0 Å². The number of aromatic nitrogens is 3. The molecule has 0 aliphatic carbocycles. The molecule has 0 atom stereocenters. The van der Waals surface area contributed by atoms with E-state index in [0.717, 1.165) is 116 Å². The second kappa shape index (κ2) is 14.5. The van der Waals surface area contributed by atoms with Crippen molar-refractivity contribution in [3.63, 3.8) is 0 Å². The zero-order valence-electron chi connectivity index (χ0n) is 34.4. The van der Waals surface area contributed by atoms with Gasteiger partial charge in [0.1, 0.15) is 22.7 Å². The summed E-state index contributed by atoms with van der Waals surface area (Å²) in [6.45, 7) is 0. The van der Waals surface area contributed by atoms with Crippen molar-refractivity contribution in [1.82, 2.24) is 15.0 Å². The van der Waals surface area contributed by atoms with Crippen molar-refractivity contribution in [2.75, 3.05) is 0 Å². The minimum atomic E-state index is 0.522. The Morgan fingerprint density at radius 1 is 0.328 bits per heavy atom. The molecule has 64 heavy (non-hydrogen) atoms. The molecule has 13 rings (SSSR count). The van der Waals surface area contributed by atoms with Crippen LogP contribution in [0.1, 0.15) is 0 Å². The van der Waals surface area contributed by atoms with E-state index in [2.05, 4.69) is 182 Å². The third-order valence-electron chi connectivity index (χ3n) is 12.5. The van der Waals surface area contributed by atoms with Gasteiger partial charge in [-0.05, 0) is 74.3 Å². The highest BCUT2D eigenvalue weighted by Gasteiger charge is 2.27. The number of furan rings is 1. The van der Waals surface area contributed by atoms with E-state index in [4.69, 9.17) is 24.1 Å². The van der Waals surface area contributed by atoms with Gasteiger partial charge in [-0.2, -0.15) is 0 Å². The maximum Gasteiger partial charge on any atom is 0.167 e. The normalized spacial score (nSPS) is 11.9. The van der Waals surface area contributed by atoms with Crippen LogP contribution in [0.4, 0.5) is 0 Å². The second-order valence-electron chi connectivity index (χ2n) is 16.2. The van der Waals surface area contributed by atoms with E-state index < -0.39 is 0 Å². The summed E-state index contributed by atoms with van der Waals surface area (Å²) in [7, 11) is 0. The van der Waals surface area contributed by atoms with Gasteiger partial charge in [-0.3, -0.25) is 0 Å². The highest BCUT2D eigenvalue weighted by atomic mass is 16.5. The Morgan fingerprint density at radius 3 is 1.69 bits per heavy atom. The number of benzene rings is 10. The maximum absolute atomic E-state index is 7.01. The lowest BCUT2D eigenvalue weighted by molar-refractivity contribution is 0.489. The Morgan fingerprint density at radius 2 is 0.891 bits per heavy atom. The van der Waals surface area contributed by atoms with Gasteiger partial charge in [0, 0.05) is 44.0 Å². The van der Waals surface area contributed by atoms with Gasteiger partial charge in [0.2, 0.25) is 0 Å². The van der Waals surface area contributed by atoms with E-state index in [9.17, 15) is 0 Å². The zero-order valence-corrected chi connectivity index (χ0v) is 34.4. The molecule has 0 bridgehead atoms. The zero-order chi connectivity index (χ0) is 42.1. The van der Waals surface area contributed by atoms with Crippen LogP contribution in [-0.4, -0.2) is 15.0 Å². The summed E-state index contributed by atoms with van der Waals surface area (Å²) in [5, 5.41) is 6.66. The lowest BCUT2D eigenvalue weighted by atomic mass is 9.84. The SMILES string of the molecule is c1ccc(-c2cc(-c3nc(-c4ccccc4)nc(-c4cccc5c4oc4ccc6ccccc6c45)n3)c(-c3ccccc3)c(-c3cccc4c3Oc3cccc5cccc-4c35)c2)cc1. The minimum absolute atomic E-state index is 0.522. The smallest absolute Gasteiger partial charge is 0.167 e. The maximum atomic E-state index is 7.01. The topological polar surface area (TPSA) is 61.0 Å². The van der Waals surface area contributed by atoms with Gasteiger partial charge in [0.25, 0.3) is 0 Å². The molecule has 0 radical (unpaired) electrons. The average Bonchev–Trinajstić information content (AvgIpc) is 3.76. The lowest BCUT2D eigenvalue weighted by Crippen LogP contribution is -2.03. The van der Waals surface area contributed by atoms with Gasteiger partial charge in [-0.25, -0.2) is 15.0 Å². The number of para-hydroxylation sites is 2. The van der Waals surface area contributed by atoms with Gasteiger partial charge >= 0.3 is 0 Å². The lowest BCUT2D eigenvalue weighted by Gasteiger charge is -2.25. The van der Waals surface area contributed by atoms with Crippen LogP contribution in [0.5, 0.6) is 11.5 Å². The number of rotatable bonds is 6. The number of nitrogens with zero attached hydrogens (tertiary/aromatic N) is 3. The molecule has 298 valence electrons. The van der Waals surface area contributed by atoms with E-state index in [1.807, 2.05) is 30.3 Å². The molecule has 0 unspecified atom stereocenters. The third kappa shape index (κ3) is 5.75. The molecule has 0 saturated carbocycles. The van der Waals surface area contributed by atoms with Crippen LogP contribution < -0.4 is 4.74 Å². The predicted octanol–water partition coefficient (Wildman–Crippen LogP) is 15.9. The summed E-state index contributed by atoms with van der Waals surface area (Å²) < 4.78 is 13.8. The Labute approximate surface area is 368 Å². The molecule has 5 nitrogen and oxygen atoms in total. The van der Waals surface area contributed by atoms with Crippen LogP contribution >= 0.6 is 0 Å². The monoisotopic (exact) mass is 817 g/mol. The Balaban J connectivity index is 1.12. The fraction of sp³-hybridized carbons (Fsp3) is 0. The summed E-state index contributed by atoms with van der Waals surface area (Å²) in [4.78, 5) is 16.1. The Bertz CT molecular complexity index is 3800. The molecule has 1 aliphatic rings. The predicted molar refractivity (Wildman–Crippen MR) is 260 cm³/mol. The van der Waals surface area contributed by atoms with Gasteiger partial charge in [-0.1, -0.05) is 182 Å². The van der Waals surface area contributed by atoms with Crippen molar-refractivity contribution in [1.29, 1.82) is 0 Å². The molecule has 0 N–H and O–H groups in total. The van der Waals surface area contributed by atoms with Crippen LogP contribution in [0.2, 0.25) is 0 Å². The van der Waals surface area contributed by atoms with Crippen LogP contribution in [0.25, 0.3) is 122 Å². The molecule has 5 heteroatoms. The van der Waals surface area contributed by atoms with E-state index in [1.165, 1.54) is 0 Å². The number of ether oxygens (including phenoxy) is 1. The van der Waals surface area contributed by atoms with Crippen LogP contribution in [0, 0.1) is 0 Å². The first-order valence-corrected chi connectivity index (χ1v) is 21.5. The number of fused-ring (bicyclic) bond motifs is 7. The van der Waals surface area contributed by atoms with Crippen LogP contribution in [0.3, 0.4) is 0 Å². The van der Waals surface area contributed by atoms with Gasteiger partial charge < -0.3 is 9.15 Å². The molecule has 0 saturated heterocycles. The largest absolute Gasteiger partial charge is 0.455 e. The van der Waals surface area contributed by atoms with Gasteiger partial charge in [-0.15, -0.1) is 0 Å². The van der Waals surface area contributed by atoms with E-state index >= 15 is 0 Å². The quantitative estimate of drug-likeness (QED) is 0.167. The standard InChI is InChI=1S/C59H35N3O2/c1-4-16-36(17-5-1)41-34-48(45-28-14-27-44-43-26-12-23-39-24-13-31-50(53(39)43)63-55(44)45)52(38-19-6-2-7-20-38)49(35-41)59-61-57(40-21-8-3-9-22-40)60-58(62-59)47-30-15-29-46-54-42-25-11-10-18-37(42)32-33-51(54)64-56(46)47/h1-35H. The Kier molecular flexibility index (Phi) is 8.15. The van der Waals surface area contributed by atoms with E-state index in [1.54, 1.807) is 0 Å². The fourth-order valence-electron chi connectivity index (χ4n) is 9.62. The molecule has 12 aromatic rings. The van der Waals surface area contributed by atoms with Crippen molar-refractivity contribution in [3.05, 3.63) is 212 Å². The van der Waals surface area contributed by atoms with Crippen molar-refractivity contribution in [2.45, 2.75) is 0 Å². The van der Waals surface area contributed by atoms with Crippen molar-refractivity contribution < 1.29 is 9.15 Å². The summed E-state index contributed by atoms with van der Waals surface area (Å²) in [6, 6.07) is 73.8. The molecular formula is C59H35N3O2. The fourth-order valence-corrected chi connectivity index (χ4v) is 9.62. The molecule has 10 aromatic carbocycles. The summed E-state index contributed by atoms with van der Waals surface area (Å²) >= 11 is 0. The van der Waals surface area contributed by atoms with Gasteiger partial charge in [0.15, 0.2) is 17.5 Å². The minimum Gasteiger partial charge on any atom is -0.455 e. The van der Waals surface area contributed by atoms with Crippen LogP contribution in [0.15, 0.2) is 217 Å². The number of hydrogen-bond acceptors (Lipinski definition) is 5. The van der Waals surface area contributed by atoms with Crippen LogP contribution in [-0.2, 0) is 0 Å².